The molecule has 0 bridgehead atoms. The maximum atomic E-state index is 12.7. The van der Waals surface area contributed by atoms with Crippen LogP contribution < -0.4 is 21.3 Å². The normalized spacial score (nSPS) is 12.1. The van der Waals surface area contributed by atoms with Gasteiger partial charge < -0.3 is 35.8 Å². The van der Waals surface area contributed by atoms with Gasteiger partial charge in [-0.2, -0.15) is 5.10 Å². The van der Waals surface area contributed by atoms with Crippen LogP contribution in [0.15, 0.2) is 60.7 Å². The summed E-state index contributed by atoms with van der Waals surface area (Å²) in [5.74, 6) is 0.155. The zero-order valence-corrected chi connectivity index (χ0v) is 32.0. The van der Waals surface area contributed by atoms with Crippen molar-refractivity contribution < 1.29 is 29.0 Å². The van der Waals surface area contributed by atoms with E-state index in [4.69, 9.17) is 9.47 Å². The first-order chi connectivity index (χ1) is 25.1. The first-order valence-corrected chi connectivity index (χ1v) is 18.4. The number of amides is 3. The van der Waals surface area contributed by atoms with Crippen molar-refractivity contribution in [3.05, 3.63) is 93.6 Å². The predicted molar refractivity (Wildman–Crippen MR) is 203 cm³/mol. The molecule has 0 saturated heterocycles. The number of nitrogens with one attached hydrogen (secondary N) is 4. The van der Waals surface area contributed by atoms with E-state index >= 15 is 0 Å². The molecular weight excluding hydrogens is 697 g/mol. The molecule has 0 radical (unpaired) electrons. The Hall–Kier alpha value is -5.15. The lowest BCUT2D eigenvalue weighted by atomic mass is 10.1. The Bertz CT molecular complexity index is 1800. The number of hydrogen-bond donors (Lipinski definition) is 5. The molecule has 2 aromatic carbocycles. The molecule has 0 saturated carbocycles. The van der Waals surface area contributed by atoms with Gasteiger partial charge >= 0.3 is 12.2 Å². The molecule has 284 valence electrons. The van der Waals surface area contributed by atoms with Crippen LogP contribution in [0.2, 0.25) is 0 Å². The highest BCUT2D eigenvalue weighted by Crippen LogP contribution is 2.20. The van der Waals surface area contributed by atoms with E-state index in [0.29, 0.717) is 23.9 Å². The number of nitrogens with zero attached hydrogens (tertiary/aromatic N) is 4. The van der Waals surface area contributed by atoms with Crippen molar-refractivity contribution in [3.8, 4) is 0 Å². The minimum Gasteiger partial charge on any atom is -0.444 e. The Labute approximate surface area is 314 Å². The van der Waals surface area contributed by atoms with Crippen LogP contribution in [0.3, 0.4) is 0 Å². The van der Waals surface area contributed by atoms with Gasteiger partial charge in [0.1, 0.15) is 22.4 Å². The maximum absolute atomic E-state index is 12.7. The smallest absolute Gasteiger partial charge is 0.407 e. The van der Waals surface area contributed by atoms with Crippen molar-refractivity contribution >= 4 is 40.4 Å². The van der Waals surface area contributed by atoms with Gasteiger partial charge in [-0.1, -0.05) is 59.9 Å². The van der Waals surface area contributed by atoms with Crippen molar-refractivity contribution in [1.29, 1.82) is 0 Å². The molecular formula is C38H50N8O6S. The lowest BCUT2D eigenvalue weighted by Gasteiger charge is -2.19. The summed E-state index contributed by atoms with van der Waals surface area (Å²) in [4.78, 5) is 36.6. The van der Waals surface area contributed by atoms with Crippen LogP contribution in [0.5, 0.6) is 0 Å². The standard InChI is InChI=1S/C38H50N8O6S/c1-37(2,3)51-35(49)39-23-27-13-9-11-25(19-27)21-31(47)41-30-18-17-29(43-44-30)15-7-8-16-33-45-46-34(53-33)42-32(48)22-26-12-10-14-28(20-26)24-40-36(50)52-38(4,5)6/h9-14,17-20,32,48H,7-8,15-16,21-24H2,1-6H3,(H,39,49)(H,40,50)(H,42,46)(H,41,44,47). The minimum atomic E-state index is -0.859. The molecule has 53 heavy (non-hydrogen) atoms. The Kier molecular flexibility index (Phi) is 14.6. The lowest BCUT2D eigenvalue weighted by molar-refractivity contribution is -0.115. The van der Waals surface area contributed by atoms with E-state index in [0.717, 1.165) is 58.6 Å². The zero-order chi connectivity index (χ0) is 38.4. The number of hydrogen-bond acceptors (Lipinski definition) is 12. The number of carbonyl (C=O) groups is 3. The summed E-state index contributed by atoms with van der Waals surface area (Å²) in [6.45, 7) is 11.5. The molecule has 14 nitrogen and oxygen atoms in total. The number of aliphatic hydroxyl groups excluding tert-OH is 1. The summed E-state index contributed by atoms with van der Waals surface area (Å²) >= 11 is 1.41. The highest BCUT2D eigenvalue weighted by molar-refractivity contribution is 7.15. The quantitative estimate of drug-likeness (QED) is 0.0658. The molecule has 2 heterocycles. The third-order valence-corrected chi connectivity index (χ3v) is 8.18. The van der Waals surface area contributed by atoms with Crippen molar-refractivity contribution in [2.24, 2.45) is 0 Å². The summed E-state index contributed by atoms with van der Waals surface area (Å²) in [5, 5.41) is 40.2. The average Bonchev–Trinajstić information content (AvgIpc) is 3.51. The minimum absolute atomic E-state index is 0.149. The van der Waals surface area contributed by atoms with Gasteiger partial charge in [-0.25, -0.2) is 9.59 Å². The van der Waals surface area contributed by atoms with Gasteiger partial charge in [0.05, 0.1) is 12.1 Å². The second-order valence-electron chi connectivity index (χ2n) is 14.6. The van der Waals surface area contributed by atoms with E-state index in [1.54, 1.807) is 26.8 Å². The molecule has 0 aliphatic carbocycles. The second-order valence-corrected chi connectivity index (χ2v) is 15.6. The van der Waals surface area contributed by atoms with E-state index in [-0.39, 0.29) is 18.9 Å². The highest BCUT2D eigenvalue weighted by Gasteiger charge is 2.17. The first kappa shape index (κ1) is 40.6. The number of unbranched alkanes of at least 4 members (excludes halogenated alkanes) is 1. The van der Waals surface area contributed by atoms with Gasteiger partial charge in [-0.15, -0.1) is 15.3 Å². The van der Waals surface area contributed by atoms with Crippen molar-refractivity contribution in [3.63, 3.8) is 0 Å². The number of ether oxygens (including phenoxy) is 2. The summed E-state index contributed by atoms with van der Waals surface area (Å²) in [6.07, 6.45) is 1.86. The summed E-state index contributed by atoms with van der Waals surface area (Å²) < 4.78 is 10.6. The van der Waals surface area contributed by atoms with Crippen LogP contribution in [0, 0.1) is 0 Å². The summed E-state index contributed by atoms with van der Waals surface area (Å²) in [5.41, 5.74) is 3.14. The number of aliphatic hydroxyl groups is 1. The van der Waals surface area contributed by atoms with Gasteiger partial charge in [0.15, 0.2) is 5.82 Å². The van der Waals surface area contributed by atoms with Crippen molar-refractivity contribution in [2.45, 2.75) is 111 Å². The second kappa shape index (κ2) is 19.1. The molecule has 2 aromatic heterocycles. The third kappa shape index (κ3) is 16.0. The van der Waals surface area contributed by atoms with Gasteiger partial charge in [0.25, 0.3) is 0 Å². The van der Waals surface area contributed by atoms with E-state index in [9.17, 15) is 19.5 Å². The molecule has 0 spiro atoms. The number of aryl methyl sites for hydroxylation is 2. The van der Waals surface area contributed by atoms with Crippen LogP contribution in [-0.4, -0.2) is 61.0 Å². The first-order valence-electron chi connectivity index (χ1n) is 17.6. The van der Waals surface area contributed by atoms with Crippen molar-refractivity contribution in [1.82, 2.24) is 31.0 Å². The Balaban J connectivity index is 1.13. The van der Waals surface area contributed by atoms with Crippen LogP contribution in [0.4, 0.5) is 20.5 Å². The molecule has 4 aromatic rings. The van der Waals surface area contributed by atoms with Gasteiger partial charge in [-0.05, 0) is 95.2 Å². The predicted octanol–water partition coefficient (Wildman–Crippen LogP) is 6.10. The molecule has 1 unspecified atom stereocenters. The monoisotopic (exact) mass is 746 g/mol. The number of anilines is 2. The van der Waals surface area contributed by atoms with E-state index in [1.165, 1.54) is 11.3 Å². The van der Waals surface area contributed by atoms with Crippen LogP contribution in [-0.2, 0) is 53.0 Å². The Morgan fingerprint density at radius 2 is 1.32 bits per heavy atom. The Morgan fingerprint density at radius 3 is 1.92 bits per heavy atom. The van der Waals surface area contributed by atoms with Crippen LogP contribution in [0.1, 0.15) is 87.3 Å². The van der Waals surface area contributed by atoms with E-state index in [2.05, 4.69) is 41.7 Å². The number of benzene rings is 2. The van der Waals surface area contributed by atoms with E-state index in [1.807, 2.05) is 75.4 Å². The number of alkyl carbamates (subject to hydrolysis) is 2. The molecule has 0 aliphatic rings. The largest absolute Gasteiger partial charge is 0.444 e. The molecule has 15 heteroatoms. The van der Waals surface area contributed by atoms with Crippen LogP contribution >= 0.6 is 11.3 Å². The average molecular weight is 747 g/mol. The molecule has 3 amide bonds. The fourth-order valence-electron chi connectivity index (χ4n) is 5.04. The molecule has 0 fully saturated rings. The summed E-state index contributed by atoms with van der Waals surface area (Å²) in [6, 6.07) is 18.7. The lowest BCUT2D eigenvalue weighted by Crippen LogP contribution is -2.32. The van der Waals surface area contributed by atoms with Gasteiger partial charge in [0, 0.05) is 25.9 Å². The molecule has 4 rings (SSSR count). The highest BCUT2D eigenvalue weighted by atomic mass is 32.1. The van der Waals surface area contributed by atoms with Gasteiger partial charge in [-0.3, -0.25) is 4.79 Å². The number of aromatic nitrogens is 4. The van der Waals surface area contributed by atoms with Crippen LogP contribution in [0.25, 0.3) is 0 Å². The topological polar surface area (TPSA) is 190 Å². The maximum Gasteiger partial charge on any atom is 0.407 e. The molecule has 5 N–H and O–H groups in total. The summed E-state index contributed by atoms with van der Waals surface area (Å²) in [7, 11) is 0. The van der Waals surface area contributed by atoms with Gasteiger partial charge in [0.2, 0.25) is 11.0 Å². The third-order valence-electron chi connectivity index (χ3n) is 7.27. The molecule has 1 atom stereocenters. The number of rotatable bonds is 16. The Morgan fingerprint density at radius 1 is 0.736 bits per heavy atom. The van der Waals surface area contributed by atoms with E-state index < -0.39 is 29.6 Å². The van der Waals surface area contributed by atoms with Crippen molar-refractivity contribution in [2.75, 3.05) is 10.6 Å². The molecule has 0 aliphatic heterocycles. The number of carbonyl (C=O) groups excluding carboxylic acids is 3. The SMILES string of the molecule is CC(C)(C)OC(=O)NCc1cccc(CC(=O)Nc2ccc(CCCCc3nnc(NC(O)Cc4cccc(CNC(=O)OC(C)(C)C)c4)s3)nn2)c1. The fourth-order valence-corrected chi connectivity index (χ4v) is 5.87. The zero-order valence-electron chi connectivity index (χ0n) is 31.2. The fraction of sp³-hybridized carbons (Fsp3) is 0.447.